The van der Waals surface area contributed by atoms with Gasteiger partial charge in [-0.2, -0.15) is 0 Å². The number of rotatable bonds is 4. The fraction of sp³-hybridized carbons (Fsp3) is 0.450. The van der Waals surface area contributed by atoms with Crippen molar-refractivity contribution in [1.82, 2.24) is 24.6 Å². The minimum Gasteiger partial charge on any atom is -0.347 e. The fourth-order valence-electron chi connectivity index (χ4n) is 3.32. The van der Waals surface area contributed by atoms with E-state index in [0.29, 0.717) is 6.54 Å². The van der Waals surface area contributed by atoms with Crippen molar-refractivity contribution in [3.63, 3.8) is 0 Å². The van der Waals surface area contributed by atoms with E-state index in [1.165, 1.54) is 21.5 Å². The van der Waals surface area contributed by atoms with E-state index >= 15 is 0 Å². The number of anilines is 1. The molecule has 0 saturated carbocycles. The van der Waals surface area contributed by atoms with E-state index in [1.807, 2.05) is 26.0 Å². The van der Waals surface area contributed by atoms with E-state index in [2.05, 4.69) is 21.5 Å². The zero-order valence-corrected chi connectivity index (χ0v) is 17.2. The van der Waals surface area contributed by atoms with Gasteiger partial charge >= 0.3 is 11.8 Å². The zero-order valence-electron chi connectivity index (χ0n) is 17.2. The van der Waals surface area contributed by atoms with E-state index in [1.54, 1.807) is 19.0 Å². The second-order valence-electron chi connectivity index (χ2n) is 7.51. The van der Waals surface area contributed by atoms with Crippen LogP contribution >= 0.6 is 0 Å². The number of likely N-dealkylation sites (N-methyl/N-ethyl adjacent to an activating group) is 1. The van der Waals surface area contributed by atoms with Crippen molar-refractivity contribution in [2.45, 2.75) is 39.3 Å². The number of hydrogen-bond donors (Lipinski definition) is 1. The molecule has 1 aromatic heterocycles. The van der Waals surface area contributed by atoms with Crippen LogP contribution in [-0.4, -0.2) is 62.9 Å². The molecule has 9 heteroatoms. The highest BCUT2D eigenvalue weighted by atomic mass is 16.2. The number of likely N-dealkylation sites (tertiary alicyclic amines) is 1. The maximum Gasteiger partial charge on any atom is 0.316 e. The van der Waals surface area contributed by atoms with Gasteiger partial charge in [0.2, 0.25) is 11.9 Å². The van der Waals surface area contributed by atoms with Gasteiger partial charge in [-0.05, 0) is 43.4 Å². The molecular weight excluding hydrogens is 372 g/mol. The van der Waals surface area contributed by atoms with Crippen molar-refractivity contribution in [3.05, 3.63) is 41.2 Å². The van der Waals surface area contributed by atoms with E-state index in [4.69, 9.17) is 0 Å². The minimum atomic E-state index is -0.780. The first-order valence-corrected chi connectivity index (χ1v) is 9.55. The van der Waals surface area contributed by atoms with Gasteiger partial charge in [0.15, 0.2) is 0 Å². The van der Waals surface area contributed by atoms with Crippen LogP contribution in [0.3, 0.4) is 0 Å². The van der Waals surface area contributed by atoms with Crippen LogP contribution in [0.5, 0.6) is 0 Å². The number of aryl methyl sites for hydroxylation is 2. The fourth-order valence-corrected chi connectivity index (χ4v) is 3.32. The molecule has 154 valence electrons. The zero-order chi connectivity index (χ0) is 21.1. The highest BCUT2D eigenvalue weighted by Gasteiger charge is 2.34. The van der Waals surface area contributed by atoms with Crippen LogP contribution in [0.2, 0.25) is 0 Å². The number of nitrogens with one attached hydrogen (secondary N) is 1. The van der Waals surface area contributed by atoms with Gasteiger partial charge in [-0.15, -0.1) is 5.10 Å². The number of carbonyl (C=O) groups excluding carboxylic acids is 3. The van der Waals surface area contributed by atoms with Gasteiger partial charge in [0.25, 0.3) is 0 Å². The largest absolute Gasteiger partial charge is 0.347 e. The van der Waals surface area contributed by atoms with E-state index in [0.717, 1.165) is 24.0 Å². The molecule has 1 unspecified atom stereocenters. The first-order valence-electron chi connectivity index (χ1n) is 9.55. The Morgan fingerprint density at radius 1 is 1.21 bits per heavy atom. The van der Waals surface area contributed by atoms with E-state index in [-0.39, 0.29) is 24.4 Å². The molecule has 1 saturated heterocycles. The molecule has 1 fully saturated rings. The first-order chi connectivity index (χ1) is 13.8. The summed E-state index contributed by atoms with van der Waals surface area (Å²) < 4.78 is 1.32. The molecule has 0 spiro atoms. The maximum absolute atomic E-state index is 12.7. The van der Waals surface area contributed by atoms with Crippen LogP contribution < -0.4 is 5.32 Å². The molecule has 0 bridgehead atoms. The normalized spacial score (nSPS) is 16.0. The number of nitrogens with zero attached hydrogens (tertiary/aromatic N) is 5. The molecule has 9 nitrogen and oxygen atoms in total. The first kappa shape index (κ1) is 20.5. The Labute approximate surface area is 169 Å². The Balaban J connectivity index is 1.66. The number of benzene rings is 1. The maximum atomic E-state index is 12.7. The minimum absolute atomic E-state index is 0.00293. The van der Waals surface area contributed by atoms with Crippen LogP contribution in [0.15, 0.2) is 24.5 Å². The Kier molecular flexibility index (Phi) is 5.95. The van der Waals surface area contributed by atoms with E-state index in [9.17, 15) is 14.4 Å². The second-order valence-corrected chi connectivity index (χ2v) is 7.51. The molecule has 2 aromatic rings. The standard InChI is InChI=1S/C20H26N6O3/c1-13-7-8-15(10-14(13)2)16-6-5-9-26(16)19(29)18(28)22-20-21-12-25(23-20)11-17(27)24(3)4/h7-8,10,12,16H,5-6,9,11H2,1-4H3,(H,22,23,28). The second kappa shape index (κ2) is 8.42. The monoisotopic (exact) mass is 398 g/mol. The lowest BCUT2D eigenvalue weighted by Crippen LogP contribution is -2.39. The van der Waals surface area contributed by atoms with Crippen molar-refractivity contribution >= 4 is 23.7 Å². The molecule has 0 radical (unpaired) electrons. The van der Waals surface area contributed by atoms with Crippen molar-refractivity contribution < 1.29 is 14.4 Å². The van der Waals surface area contributed by atoms with Gasteiger partial charge in [-0.25, -0.2) is 9.67 Å². The van der Waals surface area contributed by atoms with Crippen LogP contribution in [0, 0.1) is 13.8 Å². The predicted molar refractivity (Wildman–Crippen MR) is 107 cm³/mol. The molecule has 1 aliphatic rings. The van der Waals surface area contributed by atoms with Crippen molar-refractivity contribution in [1.29, 1.82) is 0 Å². The third-order valence-electron chi connectivity index (χ3n) is 5.18. The number of amides is 3. The third kappa shape index (κ3) is 4.61. The molecule has 1 N–H and O–H groups in total. The summed E-state index contributed by atoms with van der Waals surface area (Å²) in [6, 6.07) is 6.02. The van der Waals surface area contributed by atoms with Crippen LogP contribution in [0.25, 0.3) is 0 Å². The molecule has 1 aliphatic heterocycles. The molecule has 1 atom stereocenters. The van der Waals surface area contributed by atoms with Crippen molar-refractivity contribution in [2.75, 3.05) is 26.0 Å². The van der Waals surface area contributed by atoms with Gasteiger partial charge in [-0.1, -0.05) is 18.2 Å². The summed E-state index contributed by atoms with van der Waals surface area (Å²) in [7, 11) is 3.28. The summed E-state index contributed by atoms with van der Waals surface area (Å²) in [5.41, 5.74) is 3.39. The molecule has 0 aliphatic carbocycles. The molecule has 29 heavy (non-hydrogen) atoms. The van der Waals surface area contributed by atoms with Crippen LogP contribution in [0.1, 0.15) is 35.6 Å². The van der Waals surface area contributed by atoms with Crippen LogP contribution in [0.4, 0.5) is 5.95 Å². The molecule has 3 amide bonds. The van der Waals surface area contributed by atoms with Gasteiger partial charge in [-0.3, -0.25) is 19.7 Å². The average molecular weight is 398 g/mol. The third-order valence-corrected chi connectivity index (χ3v) is 5.18. The summed E-state index contributed by atoms with van der Waals surface area (Å²) in [5, 5.41) is 6.47. The Morgan fingerprint density at radius 3 is 2.66 bits per heavy atom. The Bertz CT molecular complexity index is 936. The summed E-state index contributed by atoms with van der Waals surface area (Å²) >= 11 is 0. The molecule has 2 heterocycles. The summed E-state index contributed by atoms with van der Waals surface area (Å²) in [5.74, 6) is -1.54. The highest BCUT2D eigenvalue weighted by molar-refractivity contribution is 6.39. The summed E-state index contributed by atoms with van der Waals surface area (Å²) in [6.07, 6.45) is 3.01. The quantitative estimate of drug-likeness (QED) is 0.782. The van der Waals surface area contributed by atoms with Gasteiger partial charge in [0.1, 0.15) is 12.9 Å². The highest BCUT2D eigenvalue weighted by Crippen LogP contribution is 2.32. The Morgan fingerprint density at radius 2 is 1.97 bits per heavy atom. The van der Waals surface area contributed by atoms with Gasteiger partial charge in [0, 0.05) is 20.6 Å². The topological polar surface area (TPSA) is 100 Å². The molecule has 3 rings (SSSR count). The van der Waals surface area contributed by atoms with Gasteiger partial charge in [0.05, 0.1) is 6.04 Å². The van der Waals surface area contributed by atoms with Crippen molar-refractivity contribution in [3.8, 4) is 0 Å². The number of hydrogen-bond acceptors (Lipinski definition) is 5. The molecule has 1 aromatic carbocycles. The number of carbonyl (C=O) groups is 3. The van der Waals surface area contributed by atoms with E-state index < -0.39 is 11.8 Å². The Hall–Kier alpha value is -3.23. The number of aromatic nitrogens is 3. The molecular formula is C20H26N6O3. The SMILES string of the molecule is Cc1ccc(C2CCCN2C(=O)C(=O)Nc2ncn(CC(=O)N(C)C)n2)cc1C. The lowest BCUT2D eigenvalue weighted by molar-refractivity contribution is -0.143. The lowest BCUT2D eigenvalue weighted by atomic mass is 9.99. The summed E-state index contributed by atoms with van der Waals surface area (Å²) in [6.45, 7) is 4.62. The predicted octanol–water partition coefficient (Wildman–Crippen LogP) is 1.29. The van der Waals surface area contributed by atoms with Crippen LogP contribution in [-0.2, 0) is 20.9 Å². The summed E-state index contributed by atoms with van der Waals surface area (Å²) in [4.78, 5) is 43.9. The van der Waals surface area contributed by atoms with Gasteiger partial charge < -0.3 is 9.80 Å². The smallest absolute Gasteiger partial charge is 0.316 e. The lowest BCUT2D eigenvalue weighted by Gasteiger charge is -2.24. The van der Waals surface area contributed by atoms with Crippen molar-refractivity contribution in [2.24, 2.45) is 0 Å². The average Bonchev–Trinajstić information content (AvgIpc) is 3.32.